The van der Waals surface area contributed by atoms with E-state index in [2.05, 4.69) is 15.3 Å². The molecule has 1 N–H and O–H groups in total. The number of hydrogen-bond acceptors (Lipinski definition) is 4. The van der Waals surface area contributed by atoms with Crippen molar-refractivity contribution in [1.82, 2.24) is 9.97 Å². The smallest absolute Gasteiger partial charge is 0.251 e. The third kappa shape index (κ3) is 2.73. The Kier molecular flexibility index (Phi) is 3.28. The zero-order valence-corrected chi connectivity index (χ0v) is 9.61. The molecule has 0 unspecified atom stereocenters. The highest BCUT2D eigenvalue weighted by atomic mass is 32.1. The van der Waals surface area contributed by atoms with Crippen molar-refractivity contribution < 1.29 is 13.2 Å². The quantitative estimate of drug-likeness (QED) is 0.861. The van der Waals surface area contributed by atoms with Gasteiger partial charge in [-0.3, -0.25) is 0 Å². The maximum Gasteiger partial charge on any atom is 0.251 e. The summed E-state index contributed by atoms with van der Waals surface area (Å²) < 4.78 is 38.6. The fourth-order valence-electron chi connectivity index (χ4n) is 1.23. The van der Waals surface area contributed by atoms with Gasteiger partial charge < -0.3 is 5.32 Å². The van der Waals surface area contributed by atoms with Gasteiger partial charge >= 0.3 is 0 Å². The van der Waals surface area contributed by atoms with Crippen LogP contribution >= 0.6 is 11.3 Å². The minimum atomic E-state index is -1.32. The second-order valence-electron chi connectivity index (χ2n) is 3.29. The first-order chi connectivity index (χ1) is 8.06. The molecule has 0 amide bonds. The highest BCUT2D eigenvalue weighted by Gasteiger charge is 2.11. The Morgan fingerprint density at radius 3 is 2.71 bits per heavy atom. The number of aryl methyl sites for hydroxylation is 1. The number of nitrogens with one attached hydrogen (secondary N) is 1. The SMILES string of the molecule is Cc1ncc(CNc2nc(F)c(F)cc2F)s1. The summed E-state index contributed by atoms with van der Waals surface area (Å²) in [5.41, 5.74) is 0. The third-order valence-corrected chi connectivity index (χ3v) is 2.90. The number of aromatic nitrogens is 2. The Labute approximate surface area is 99.3 Å². The lowest BCUT2D eigenvalue weighted by molar-refractivity contribution is 0.466. The molecule has 0 saturated carbocycles. The van der Waals surface area contributed by atoms with Crippen LogP contribution in [0, 0.1) is 24.5 Å². The number of nitrogens with zero attached hydrogens (tertiary/aromatic N) is 2. The monoisotopic (exact) mass is 259 g/mol. The first kappa shape index (κ1) is 11.8. The van der Waals surface area contributed by atoms with Gasteiger partial charge in [0.1, 0.15) is 0 Å². The van der Waals surface area contributed by atoms with Gasteiger partial charge in [0.25, 0.3) is 5.95 Å². The van der Waals surface area contributed by atoms with Crippen molar-refractivity contribution in [3.8, 4) is 0 Å². The summed E-state index contributed by atoms with van der Waals surface area (Å²) in [5.74, 6) is -3.86. The number of hydrogen-bond donors (Lipinski definition) is 1. The average molecular weight is 259 g/mol. The molecule has 0 saturated heterocycles. The topological polar surface area (TPSA) is 37.8 Å². The van der Waals surface area contributed by atoms with Crippen molar-refractivity contribution in [2.45, 2.75) is 13.5 Å². The highest BCUT2D eigenvalue weighted by Crippen LogP contribution is 2.17. The minimum Gasteiger partial charge on any atom is -0.363 e. The first-order valence-electron chi connectivity index (χ1n) is 4.73. The van der Waals surface area contributed by atoms with Crippen LogP contribution in [0.4, 0.5) is 19.0 Å². The van der Waals surface area contributed by atoms with E-state index < -0.39 is 17.6 Å². The predicted molar refractivity (Wildman–Crippen MR) is 58.3 cm³/mol. The molecule has 0 spiro atoms. The Morgan fingerprint density at radius 2 is 2.06 bits per heavy atom. The molecular weight excluding hydrogens is 251 g/mol. The standard InChI is InChI=1S/C10H8F3N3S/c1-5-14-3-6(17-5)4-15-10-8(12)2-7(11)9(13)16-10/h2-3H,4H2,1H3,(H,15,16). The molecule has 0 aliphatic rings. The van der Waals surface area contributed by atoms with Gasteiger partial charge in [-0.05, 0) is 6.92 Å². The molecule has 2 aromatic heterocycles. The molecule has 3 nitrogen and oxygen atoms in total. The van der Waals surface area contributed by atoms with Crippen LogP contribution in [-0.4, -0.2) is 9.97 Å². The predicted octanol–water partition coefficient (Wildman–Crippen LogP) is 2.88. The van der Waals surface area contributed by atoms with Crippen molar-refractivity contribution in [2.75, 3.05) is 5.32 Å². The maximum atomic E-state index is 13.2. The molecule has 2 aromatic rings. The molecule has 0 fully saturated rings. The summed E-state index contributed by atoms with van der Waals surface area (Å²) in [7, 11) is 0. The molecule has 2 rings (SSSR count). The molecular formula is C10H8F3N3S. The van der Waals surface area contributed by atoms with Gasteiger partial charge in [-0.2, -0.15) is 9.37 Å². The lowest BCUT2D eigenvalue weighted by Gasteiger charge is -2.05. The number of pyridine rings is 1. The van der Waals surface area contributed by atoms with Gasteiger partial charge in [-0.1, -0.05) is 0 Å². The number of rotatable bonds is 3. The molecule has 0 aliphatic carbocycles. The van der Waals surface area contributed by atoms with Crippen LogP contribution in [0.1, 0.15) is 9.88 Å². The van der Waals surface area contributed by atoms with E-state index in [1.165, 1.54) is 11.3 Å². The van der Waals surface area contributed by atoms with E-state index in [4.69, 9.17) is 0 Å². The largest absolute Gasteiger partial charge is 0.363 e. The second kappa shape index (κ2) is 4.70. The zero-order valence-electron chi connectivity index (χ0n) is 8.80. The molecule has 0 bridgehead atoms. The van der Waals surface area contributed by atoms with E-state index in [1.54, 1.807) is 6.20 Å². The summed E-state index contributed by atoms with van der Waals surface area (Å²) in [6.07, 6.45) is 1.63. The highest BCUT2D eigenvalue weighted by molar-refractivity contribution is 7.11. The van der Waals surface area contributed by atoms with E-state index in [9.17, 15) is 13.2 Å². The molecule has 90 valence electrons. The summed E-state index contributed by atoms with van der Waals surface area (Å²) in [5, 5.41) is 3.46. The van der Waals surface area contributed by atoms with Crippen LogP contribution in [0.15, 0.2) is 12.3 Å². The van der Waals surface area contributed by atoms with Crippen molar-refractivity contribution >= 4 is 17.2 Å². The molecule has 0 atom stereocenters. The van der Waals surface area contributed by atoms with Gasteiger partial charge in [-0.25, -0.2) is 13.8 Å². The number of halogens is 3. The average Bonchev–Trinajstić information content (AvgIpc) is 2.68. The zero-order chi connectivity index (χ0) is 12.4. The Bertz CT molecular complexity index is 542. The van der Waals surface area contributed by atoms with Crippen LogP contribution in [-0.2, 0) is 6.54 Å². The lowest BCUT2D eigenvalue weighted by Crippen LogP contribution is -2.05. The van der Waals surface area contributed by atoms with E-state index in [0.717, 1.165) is 9.88 Å². The van der Waals surface area contributed by atoms with Crippen molar-refractivity contribution in [2.24, 2.45) is 0 Å². The summed E-state index contributed by atoms with van der Waals surface area (Å²) in [6, 6.07) is 0.461. The van der Waals surface area contributed by atoms with Crippen LogP contribution in [0.25, 0.3) is 0 Å². The molecule has 7 heteroatoms. The Morgan fingerprint density at radius 1 is 1.29 bits per heavy atom. The molecule has 17 heavy (non-hydrogen) atoms. The van der Waals surface area contributed by atoms with Gasteiger partial charge in [0.15, 0.2) is 17.5 Å². The maximum absolute atomic E-state index is 13.2. The van der Waals surface area contributed by atoms with Crippen LogP contribution in [0.2, 0.25) is 0 Å². The summed E-state index contributed by atoms with van der Waals surface area (Å²) in [6.45, 7) is 2.10. The molecule has 0 radical (unpaired) electrons. The summed E-state index contributed by atoms with van der Waals surface area (Å²) in [4.78, 5) is 8.02. The Hall–Kier alpha value is -1.63. The normalized spacial score (nSPS) is 10.6. The van der Waals surface area contributed by atoms with E-state index in [0.29, 0.717) is 6.07 Å². The number of thiazole rings is 1. The molecule has 2 heterocycles. The van der Waals surface area contributed by atoms with Crippen LogP contribution < -0.4 is 5.32 Å². The second-order valence-corrected chi connectivity index (χ2v) is 4.61. The summed E-state index contributed by atoms with van der Waals surface area (Å²) >= 11 is 1.43. The van der Waals surface area contributed by atoms with E-state index >= 15 is 0 Å². The van der Waals surface area contributed by atoms with Crippen LogP contribution in [0.5, 0.6) is 0 Å². The molecule has 0 aromatic carbocycles. The fraction of sp³-hybridized carbons (Fsp3) is 0.200. The number of anilines is 1. The third-order valence-electron chi connectivity index (χ3n) is 1.99. The van der Waals surface area contributed by atoms with E-state index in [-0.39, 0.29) is 12.4 Å². The van der Waals surface area contributed by atoms with Gasteiger partial charge in [0.2, 0.25) is 0 Å². The van der Waals surface area contributed by atoms with Crippen molar-refractivity contribution in [1.29, 1.82) is 0 Å². The van der Waals surface area contributed by atoms with Crippen molar-refractivity contribution in [3.05, 3.63) is 39.7 Å². The Balaban J connectivity index is 2.11. The van der Waals surface area contributed by atoms with Gasteiger partial charge in [-0.15, -0.1) is 11.3 Å². The van der Waals surface area contributed by atoms with Crippen molar-refractivity contribution in [3.63, 3.8) is 0 Å². The van der Waals surface area contributed by atoms with Crippen LogP contribution in [0.3, 0.4) is 0 Å². The fourth-order valence-corrected chi connectivity index (χ4v) is 1.96. The first-order valence-corrected chi connectivity index (χ1v) is 5.54. The molecule has 0 aliphatic heterocycles. The minimum absolute atomic E-state index is 0.264. The van der Waals surface area contributed by atoms with Gasteiger partial charge in [0, 0.05) is 17.1 Å². The van der Waals surface area contributed by atoms with E-state index in [1.807, 2.05) is 6.92 Å². The van der Waals surface area contributed by atoms with Gasteiger partial charge in [0.05, 0.1) is 11.6 Å². The lowest BCUT2D eigenvalue weighted by atomic mass is 10.4.